The lowest BCUT2D eigenvalue weighted by Crippen LogP contribution is -2.40. The Morgan fingerprint density at radius 1 is 1.31 bits per heavy atom. The molecule has 3 rings (SSSR count). The van der Waals surface area contributed by atoms with Crippen LogP contribution in [0.1, 0.15) is 49.3 Å². The Balaban J connectivity index is 1.99. The van der Waals surface area contributed by atoms with E-state index in [-0.39, 0.29) is 11.6 Å². The molecule has 1 fully saturated rings. The van der Waals surface area contributed by atoms with Gasteiger partial charge >= 0.3 is 0 Å². The molecule has 1 aliphatic heterocycles. The van der Waals surface area contributed by atoms with Crippen LogP contribution in [-0.2, 0) is 0 Å². The molecule has 2 aliphatic rings. The van der Waals surface area contributed by atoms with E-state index in [4.69, 9.17) is 10.5 Å². The highest BCUT2D eigenvalue weighted by molar-refractivity contribution is 5.41. The second kappa shape index (κ2) is 3.49. The van der Waals surface area contributed by atoms with Crippen molar-refractivity contribution in [3.8, 4) is 5.75 Å². The maximum absolute atomic E-state index is 6.29. The summed E-state index contributed by atoms with van der Waals surface area (Å²) in [5.41, 5.74) is 8.80. The summed E-state index contributed by atoms with van der Waals surface area (Å²) >= 11 is 0. The summed E-state index contributed by atoms with van der Waals surface area (Å²) in [5, 5.41) is 0. The Bertz CT molecular complexity index is 407. The first-order valence-electron chi connectivity index (χ1n) is 6.24. The highest BCUT2D eigenvalue weighted by Gasteiger charge is 2.41. The normalized spacial score (nSPS) is 26.5. The number of aryl methyl sites for hydroxylation is 1. The third-order valence-electron chi connectivity index (χ3n) is 4.00. The zero-order chi connectivity index (χ0) is 11.2. The Morgan fingerprint density at radius 3 is 2.81 bits per heavy atom. The lowest BCUT2D eigenvalue weighted by molar-refractivity contribution is 0.0426. The topological polar surface area (TPSA) is 35.2 Å². The average molecular weight is 217 g/mol. The second-order valence-electron chi connectivity index (χ2n) is 5.34. The smallest absolute Gasteiger partial charge is 0.124 e. The zero-order valence-electron chi connectivity index (χ0n) is 9.83. The van der Waals surface area contributed by atoms with E-state index in [0.717, 1.165) is 12.2 Å². The minimum atomic E-state index is 0.0572. The molecule has 1 heterocycles. The van der Waals surface area contributed by atoms with Crippen molar-refractivity contribution < 1.29 is 4.74 Å². The Hall–Kier alpha value is -1.02. The Labute approximate surface area is 96.8 Å². The predicted octanol–water partition coefficient (Wildman–Crippen LogP) is 3.09. The maximum atomic E-state index is 6.29. The molecule has 16 heavy (non-hydrogen) atoms. The number of rotatable bonds is 0. The van der Waals surface area contributed by atoms with E-state index in [2.05, 4.69) is 25.1 Å². The van der Waals surface area contributed by atoms with Gasteiger partial charge in [-0.3, -0.25) is 0 Å². The van der Waals surface area contributed by atoms with Gasteiger partial charge in [0.25, 0.3) is 0 Å². The maximum Gasteiger partial charge on any atom is 0.124 e. The first-order chi connectivity index (χ1) is 7.69. The van der Waals surface area contributed by atoms with Gasteiger partial charge in [0.05, 0.1) is 0 Å². The van der Waals surface area contributed by atoms with E-state index in [0.29, 0.717) is 0 Å². The van der Waals surface area contributed by atoms with E-state index in [9.17, 15) is 0 Å². The Morgan fingerprint density at radius 2 is 2.06 bits per heavy atom. The molecule has 0 radical (unpaired) electrons. The average Bonchev–Trinajstić information content (AvgIpc) is 2.68. The second-order valence-corrected chi connectivity index (χ2v) is 5.34. The number of ether oxygens (including phenoxy) is 1. The summed E-state index contributed by atoms with van der Waals surface area (Å²) in [6.45, 7) is 2.10. The number of benzene rings is 1. The van der Waals surface area contributed by atoms with Crippen molar-refractivity contribution in [2.24, 2.45) is 5.73 Å². The van der Waals surface area contributed by atoms with Crippen molar-refractivity contribution in [2.45, 2.75) is 50.7 Å². The number of hydrogen-bond acceptors (Lipinski definition) is 2. The first-order valence-corrected chi connectivity index (χ1v) is 6.24. The molecule has 86 valence electrons. The van der Waals surface area contributed by atoms with Crippen molar-refractivity contribution in [1.29, 1.82) is 0 Å². The summed E-state index contributed by atoms with van der Waals surface area (Å²) in [7, 11) is 0. The molecule has 0 saturated heterocycles. The third-order valence-corrected chi connectivity index (χ3v) is 4.00. The van der Waals surface area contributed by atoms with Crippen molar-refractivity contribution >= 4 is 0 Å². The van der Waals surface area contributed by atoms with Crippen LogP contribution >= 0.6 is 0 Å². The monoisotopic (exact) mass is 217 g/mol. The van der Waals surface area contributed by atoms with Gasteiger partial charge in [-0.1, -0.05) is 17.7 Å². The molecule has 0 aromatic heterocycles. The summed E-state index contributed by atoms with van der Waals surface area (Å²) in [5.74, 6) is 1.02. The van der Waals surface area contributed by atoms with Crippen molar-refractivity contribution in [2.75, 3.05) is 0 Å². The van der Waals surface area contributed by atoms with Gasteiger partial charge in [0.15, 0.2) is 0 Å². The van der Waals surface area contributed by atoms with E-state index in [1.165, 1.54) is 36.8 Å². The fourth-order valence-electron chi connectivity index (χ4n) is 3.16. The summed E-state index contributed by atoms with van der Waals surface area (Å²) in [4.78, 5) is 0. The molecule has 0 bridgehead atoms. The molecule has 1 aliphatic carbocycles. The molecule has 1 atom stereocenters. The molecule has 2 heteroatoms. The van der Waals surface area contributed by atoms with Gasteiger partial charge < -0.3 is 10.5 Å². The van der Waals surface area contributed by atoms with Gasteiger partial charge in [0.1, 0.15) is 11.4 Å². The molecule has 1 aromatic carbocycles. The molecule has 1 saturated carbocycles. The minimum Gasteiger partial charge on any atom is -0.487 e. The van der Waals surface area contributed by atoms with Crippen molar-refractivity contribution in [3.05, 3.63) is 29.3 Å². The molecular weight excluding hydrogens is 198 g/mol. The van der Waals surface area contributed by atoms with Crippen LogP contribution in [0.2, 0.25) is 0 Å². The van der Waals surface area contributed by atoms with Crippen LogP contribution in [0.3, 0.4) is 0 Å². The fourth-order valence-corrected chi connectivity index (χ4v) is 3.16. The van der Waals surface area contributed by atoms with Crippen LogP contribution in [0.25, 0.3) is 0 Å². The van der Waals surface area contributed by atoms with Gasteiger partial charge in [-0.25, -0.2) is 0 Å². The van der Waals surface area contributed by atoms with Crippen LogP contribution in [0, 0.1) is 6.92 Å². The van der Waals surface area contributed by atoms with Gasteiger partial charge in [0.2, 0.25) is 0 Å². The van der Waals surface area contributed by atoms with E-state index in [1.807, 2.05) is 0 Å². The fraction of sp³-hybridized carbons (Fsp3) is 0.571. The van der Waals surface area contributed by atoms with Crippen LogP contribution in [0.4, 0.5) is 0 Å². The van der Waals surface area contributed by atoms with Gasteiger partial charge in [-0.15, -0.1) is 0 Å². The molecule has 0 unspecified atom stereocenters. The molecule has 1 aromatic rings. The summed E-state index contributed by atoms with van der Waals surface area (Å²) in [6.07, 6.45) is 5.91. The molecule has 2 nitrogen and oxygen atoms in total. The van der Waals surface area contributed by atoms with Gasteiger partial charge in [0, 0.05) is 18.0 Å². The number of fused-ring (bicyclic) bond motifs is 1. The molecule has 2 N–H and O–H groups in total. The van der Waals surface area contributed by atoms with Crippen molar-refractivity contribution in [3.63, 3.8) is 0 Å². The summed E-state index contributed by atoms with van der Waals surface area (Å²) < 4.78 is 6.23. The zero-order valence-corrected chi connectivity index (χ0v) is 9.83. The SMILES string of the molecule is Cc1ccc2c(c1)[C@H](N)CC1(CCCC1)O2. The van der Waals surface area contributed by atoms with Crippen LogP contribution < -0.4 is 10.5 Å². The van der Waals surface area contributed by atoms with E-state index in [1.54, 1.807) is 0 Å². The third kappa shape index (κ3) is 1.52. The quantitative estimate of drug-likeness (QED) is 0.724. The van der Waals surface area contributed by atoms with Crippen LogP contribution in [0.15, 0.2) is 18.2 Å². The minimum absolute atomic E-state index is 0.0572. The van der Waals surface area contributed by atoms with Gasteiger partial charge in [-0.05, 0) is 38.7 Å². The molecular formula is C14H19NO. The van der Waals surface area contributed by atoms with E-state index < -0.39 is 0 Å². The Kier molecular flexibility index (Phi) is 2.21. The predicted molar refractivity (Wildman–Crippen MR) is 64.6 cm³/mol. The molecule has 0 amide bonds. The van der Waals surface area contributed by atoms with Crippen LogP contribution in [0.5, 0.6) is 5.75 Å². The lowest BCUT2D eigenvalue weighted by Gasteiger charge is -2.38. The highest BCUT2D eigenvalue weighted by Crippen LogP contribution is 2.46. The largest absolute Gasteiger partial charge is 0.487 e. The standard InChI is InChI=1S/C14H19NO/c1-10-4-5-13-11(8-10)12(15)9-14(16-13)6-2-3-7-14/h4-5,8,12H,2-3,6-7,9,15H2,1H3/t12-/m1/s1. The first kappa shape index (κ1) is 10.2. The molecule has 1 spiro atoms. The summed E-state index contributed by atoms with van der Waals surface area (Å²) in [6, 6.07) is 6.52. The van der Waals surface area contributed by atoms with Crippen LogP contribution in [-0.4, -0.2) is 5.60 Å². The van der Waals surface area contributed by atoms with Gasteiger partial charge in [-0.2, -0.15) is 0 Å². The number of hydrogen-bond donors (Lipinski definition) is 1. The highest BCUT2D eigenvalue weighted by atomic mass is 16.5. The lowest BCUT2D eigenvalue weighted by atomic mass is 9.86. The van der Waals surface area contributed by atoms with E-state index >= 15 is 0 Å². The van der Waals surface area contributed by atoms with Crippen molar-refractivity contribution in [1.82, 2.24) is 0 Å². The number of nitrogens with two attached hydrogens (primary N) is 1.